The second-order valence-electron chi connectivity index (χ2n) is 5.94. The number of nitrogens with one attached hydrogen (secondary N) is 2. The van der Waals surface area contributed by atoms with Crippen LogP contribution in [0.3, 0.4) is 0 Å². The summed E-state index contributed by atoms with van der Waals surface area (Å²) in [5.41, 5.74) is 2.57. The third kappa shape index (κ3) is 4.38. The Kier molecular flexibility index (Phi) is 6.11. The Bertz CT molecular complexity index is 547. The van der Waals surface area contributed by atoms with Crippen molar-refractivity contribution in [1.82, 2.24) is 10.6 Å². The average molecular weight is 412 g/mol. The number of nitrogens with zero attached hydrogens (tertiary/aromatic N) is 2. The summed E-state index contributed by atoms with van der Waals surface area (Å²) in [6.45, 7) is 5.09. The van der Waals surface area contributed by atoms with Gasteiger partial charge in [0, 0.05) is 38.4 Å². The molecule has 0 bridgehead atoms. The van der Waals surface area contributed by atoms with Gasteiger partial charge in [0.1, 0.15) is 0 Å². The minimum atomic E-state index is 0. The molecule has 0 radical (unpaired) electrons. The van der Waals surface area contributed by atoms with Gasteiger partial charge in [-0.3, -0.25) is 4.99 Å². The number of anilines is 1. The highest BCUT2D eigenvalue weighted by Crippen LogP contribution is 2.28. The van der Waals surface area contributed by atoms with Gasteiger partial charge in [-0.25, -0.2) is 0 Å². The average Bonchev–Trinajstić information content (AvgIpc) is 2.98. The number of guanidine groups is 1. The van der Waals surface area contributed by atoms with E-state index in [1.165, 1.54) is 17.7 Å². The van der Waals surface area contributed by atoms with Crippen LogP contribution in [-0.4, -0.2) is 32.1 Å². The van der Waals surface area contributed by atoms with Crippen molar-refractivity contribution in [3.8, 4) is 0 Å². The van der Waals surface area contributed by atoms with Gasteiger partial charge in [-0.1, -0.05) is 31.2 Å². The molecule has 120 valence electrons. The molecule has 0 amide bonds. The van der Waals surface area contributed by atoms with E-state index in [1.54, 1.807) is 0 Å². The summed E-state index contributed by atoms with van der Waals surface area (Å²) >= 11 is 0. The van der Waals surface area contributed by atoms with E-state index in [4.69, 9.17) is 0 Å². The van der Waals surface area contributed by atoms with Gasteiger partial charge in [0.15, 0.2) is 5.96 Å². The fourth-order valence-electron chi connectivity index (χ4n) is 2.63. The van der Waals surface area contributed by atoms with E-state index in [2.05, 4.69) is 63.9 Å². The number of aliphatic imine (C=N–C) groups is 1. The van der Waals surface area contributed by atoms with Crippen LogP contribution >= 0.6 is 24.0 Å². The van der Waals surface area contributed by atoms with Crippen LogP contribution in [-0.2, 0) is 6.54 Å². The molecule has 5 heteroatoms. The molecule has 2 atom stereocenters. The molecule has 0 saturated heterocycles. The van der Waals surface area contributed by atoms with E-state index in [1.807, 2.05) is 7.05 Å². The van der Waals surface area contributed by atoms with Crippen LogP contribution in [0.4, 0.5) is 5.69 Å². The predicted molar refractivity (Wildman–Crippen MR) is 104 cm³/mol. The Morgan fingerprint density at radius 1 is 1.32 bits per heavy atom. The first kappa shape index (κ1) is 17.1. The number of hydrogen-bond donors (Lipinski definition) is 2. The molecular formula is C17H25IN4. The summed E-state index contributed by atoms with van der Waals surface area (Å²) in [6, 6.07) is 9.32. The van der Waals surface area contributed by atoms with E-state index in [0.29, 0.717) is 6.04 Å². The second-order valence-corrected chi connectivity index (χ2v) is 5.94. The lowest BCUT2D eigenvalue weighted by Gasteiger charge is -2.19. The smallest absolute Gasteiger partial charge is 0.191 e. The molecule has 1 aliphatic carbocycles. The number of halogens is 1. The molecule has 1 fully saturated rings. The van der Waals surface area contributed by atoms with Crippen molar-refractivity contribution in [3.63, 3.8) is 0 Å². The zero-order chi connectivity index (χ0) is 14.7. The third-order valence-corrected chi connectivity index (χ3v) is 4.21. The van der Waals surface area contributed by atoms with Gasteiger partial charge in [-0.15, -0.1) is 24.0 Å². The SMILES string of the molecule is CN=C(NCc1cccc(N2CC=CC2)c1)NC1CC1C.I. The Morgan fingerprint density at radius 3 is 2.68 bits per heavy atom. The van der Waals surface area contributed by atoms with Gasteiger partial charge in [-0.05, 0) is 30.0 Å². The molecule has 1 aromatic rings. The highest BCUT2D eigenvalue weighted by molar-refractivity contribution is 14.0. The highest BCUT2D eigenvalue weighted by Gasteiger charge is 2.33. The first-order chi connectivity index (χ1) is 10.3. The topological polar surface area (TPSA) is 39.7 Å². The van der Waals surface area contributed by atoms with Gasteiger partial charge in [0.05, 0.1) is 0 Å². The monoisotopic (exact) mass is 412 g/mol. The molecule has 0 aromatic heterocycles. The molecule has 1 aliphatic heterocycles. The van der Waals surface area contributed by atoms with Crippen molar-refractivity contribution in [2.24, 2.45) is 10.9 Å². The molecule has 0 spiro atoms. The first-order valence-corrected chi connectivity index (χ1v) is 7.72. The van der Waals surface area contributed by atoms with Crippen LogP contribution in [0.25, 0.3) is 0 Å². The molecule has 2 unspecified atom stereocenters. The van der Waals surface area contributed by atoms with Gasteiger partial charge in [0.2, 0.25) is 0 Å². The van der Waals surface area contributed by atoms with E-state index < -0.39 is 0 Å². The molecule has 1 aromatic carbocycles. The van der Waals surface area contributed by atoms with Crippen molar-refractivity contribution in [3.05, 3.63) is 42.0 Å². The molecule has 3 rings (SSSR count). The van der Waals surface area contributed by atoms with E-state index in [0.717, 1.165) is 31.5 Å². The lowest BCUT2D eigenvalue weighted by molar-refractivity contribution is 0.763. The second kappa shape index (κ2) is 7.85. The Balaban J connectivity index is 0.00000176. The summed E-state index contributed by atoms with van der Waals surface area (Å²) in [6.07, 6.45) is 5.68. The lowest BCUT2D eigenvalue weighted by Crippen LogP contribution is -2.38. The zero-order valence-electron chi connectivity index (χ0n) is 13.2. The summed E-state index contributed by atoms with van der Waals surface area (Å²) in [5, 5.41) is 6.85. The van der Waals surface area contributed by atoms with Crippen molar-refractivity contribution in [1.29, 1.82) is 0 Å². The molecule has 2 N–H and O–H groups in total. The quantitative estimate of drug-likeness (QED) is 0.346. The Morgan fingerprint density at radius 2 is 2.05 bits per heavy atom. The molecule has 2 aliphatic rings. The van der Waals surface area contributed by atoms with Gasteiger partial charge in [-0.2, -0.15) is 0 Å². The van der Waals surface area contributed by atoms with Gasteiger partial charge >= 0.3 is 0 Å². The van der Waals surface area contributed by atoms with Crippen LogP contribution in [0.2, 0.25) is 0 Å². The van der Waals surface area contributed by atoms with Crippen molar-refractivity contribution < 1.29 is 0 Å². The Labute approximate surface area is 150 Å². The summed E-state index contributed by atoms with van der Waals surface area (Å²) in [7, 11) is 1.83. The summed E-state index contributed by atoms with van der Waals surface area (Å²) in [5.74, 6) is 1.67. The highest BCUT2D eigenvalue weighted by atomic mass is 127. The predicted octanol–water partition coefficient (Wildman–Crippen LogP) is 2.75. The fourth-order valence-corrected chi connectivity index (χ4v) is 2.63. The van der Waals surface area contributed by atoms with E-state index >= 15 is 0 Å². The minimum absolute atomic E-state index is 0. The van der Waals surface area contributed by atoms with Crippen molar-refractivity contribution >= 4 is 35.6 Å². The van der Waals surface area contributed by atoms with Crippen LogP contribution in [0, 0.1) is 5.92 Å². The minimum Gasteiger partial charge on any atom is -0.364 e. The number of hydrogen-bond acceptors (Lipinski definition) is 2. The third-order valence-electron chi connectivity index (χ3n) is 4.21. The fraction of sp³-hybridized carbons (Fsp3) is 0.471. The number of benzene rings is 1. The largest absolute Gasteiger partial charge is 0.364 e. The van der Waals surface area contributed by atoms with Crippen LogP contribution in [0.5, 0.6) is 0 Å². The van der Waals surface area contributed by atoms with Gasteiger partial charge < -0.3 is 15.5 Å². The maximum absolute atomic E-state index is 4.29. The molecular weight excluding hydrogens is 387 g/mol. The maximum Gasteiger partial charge on any atom is 0.191 e. The van der Waals surface area contributed by atoms with Crippen molar-refractivity contribution in [2.45, 2.75) is 25.9 Å². The summed E-state index contributed by atoms with van der Waals surface area (Å²) in [4.78, 5) is 6.66. The van der Waals surface area contributed by atoms with E-state index in [9.17, 15) is 0 Å². The van der Waals surface area contributed by atoms with Crippen LogP contribution < -0.4 is 15.5 Å². The van der Waals surface area contributed by atoms with Crippen LogP contribution in [0.15, 0.2) is 41.4 Å². The molecule has 4 nitrogen and oxygen atoms in total. The molecule has 1 heterocycles. The summed E-state index contributed by atoms with van der Waals surface area (Å²) < 4.78 is 0. The standard InChI is InChI=1S/C17H24N4.HI/c1-13-10-16(13)20-17(18-2)19-12-14-6-5-7-15(11-14)21-8-3-4-9-21;/h3-7,11,13,16H,8-10,12H2,1-2H3,(H2,18,19,20);1H. The van der Waals surface area contributed by atoms with Crippen molar-refractivity contribution in [2.75, 3.05) is 25.0 Å². The number of rotatable bonds is 4. The zero-order valence-corrected chi connectivity index (χ0v) is 15.6. The normalized spacial score (nSPS) is 23.2. The first-order valence-electron chi connectivity index (χ1n) is 7.72. The lowest BCUT2D eigenvalue weighted by atomic mass is 10.2. The van der Waals surface area contributed by atoms with Gasteiger partial charge in [0.25, 0.3) is 0 Å². The molecule has 22 heavy (non-hydrogen) atoms. The molecule has 1 saturated carbocycles. The van der Waals surface area contributed by atoms with Crippen LogP contribution in [0.1, 0.15) is 18.9 Å². The maximum atomic E-state index is 4.29. The van der Waals surface area contributed by atoms with E-state index in [-0.39, 0.29) is 24.0 Å². The Hall–Kier alpha value is -1.24.